The van der Waals surface area contributed by atoms with Crippen molar-refractivity contribution in [3.63, 3.8) is 0 Å². The fourth-order valence-electron chi connectivity index (χ4n) is 2.01. The highest BCUT2D eigenvalue weighted by Crippen LogP contribution is 2.15. The predicted molar refractivity (Wildman–Crippen MR) is 86.1 cm³/mol. The number of nitrogens with one attached hydrogen (secondary N) is 2. The summed E-state index contributed by atoms with van der Waals surface area (Å²) < 4.78 is 9.95. The molecule has 7 heteroatoms. The maximum atomic E-state index is 12.0. The van der Waals surface area contributed by atoms with Crippen molar-refractivity contribution in [3.05, 3.63) is 18.0 Å². The molecular formula is C16H27N3O4. The normalized spacial score (nSPS) is 14.0. The molecule has 130 valence electrons. The second kappa shape index (κ2) is 7.99. The van der Waals surface area contributed by atoms with E-state index in [-0.39, 0.29) is 18.1 Å². The van der Waals surface area contributed by atoms with Gasteiger partial charge in [-0.25, -0.2) is 4.79 Å². The number of ether oxygens (including phenoxy) is 1. The van der Waals surface area contributed by atoms with Crippen LogP contribution in [0, 0.1) is 0 Å². The Morgan fingerprint density at radius 3 is 2.52 bits per heavy atom. The number of hydrogen-bond donors (Lipinski definition) is 2. The number of carbonyl (C=O) groups is 2. The maximum absolute atomic E-state index is 12.0. The van der Waals surface area contributed by atoms with Gasteiger partial charge >= 0.3 is 6.09 Å². The van der Waals surface area contributed by atoms with E-state index in [1.807, 2.05) is 27.7 Å². The van der Waals surface area contributed by atoms with Gasteiger partial charge in [-0.2, -0.15) is 0 Å². The number of carbonyl (C=O) groups excluding carboxylic acids is 2. The molecule has 1 aromatic rings. The molecule has 23 heavy (non-hydrogen) atoms. The Labute approximate surface area is 137 Å². The molecule has 0 aliphatic rings. The molecule has 0 saturated carbocycles. The molecule has 0 radical (unpaired) electrons. The minimum Gasteiger partial charge on any atom is -0.444 e. The fraction of sp³-hybridized carbons (Fsp3) is 0.688. The van der Waals surface area contributed by atoms with Gasteiger partial charge in [0.05, 0.1) is 5.54 Å². The van der Waals surface area contributed by atoms with E-state index < -0.39 is 17.2 Å². The molecule has 1 unspecified atom stereocenters. The van der Waals surface area contributed by atoms with E-state index in [1.54, 1.807) is 0 Å². The molecule has 0 fully saturated rings. The lowest BCUT2D eigenvalue weighted by Gasteiger charge is -2.32. The number of nitrogens with zero attached hydrogens (tertiary/aromatic N) is 1. The second-order valence-corrected chi connectivity index (χ2v) is 6.86. The van der Waals surface area contributed by atoms with Crippen LogP contribution in [-0.4, -0.2) is 34.8 Å². The number of hydrogen-bond acceptors (Lipinski definition) is 5. The van der Waals surface area contributed by atoms with Crippen LogP contribution >= 0.6 is 0 Å². The van der Waals surface area contributed by atoms with Crippen LogP contribution in [-0.2, 0) is 4.74 Å². The topological polar surface area (TPSA) is 93.5 Å². The molecule has 0 bridgehead atoms. The van der Waals surface area contributed by atoms with Gasteiger partial charge in [0.25, 0.3) is 5.91 Å². The average Bonchev–Trinajstić information content (AvgIpc) is 2.94. The van der Waals surface area contributed by atoms with Gasteiger partial charge in [0.2, 0.25) is 0 Å². The summed E-state index contributed by atoms with van der Waals surface area (Å²) >= 11 is 0. The Kier molecular flexibility index (Phi) is 6.60. The molecule has 1 heterocycles. The zero-order chi connectivity index (χ0) is 17.5. The summed E-state index contributed by atoms with van der Waals surface area (Å²) in [6.45, 7) is 9.66. The van der Waals surface area contributed by atoms with Crippen molar-refractivity contribution in [2.24, 2.45) is 0 Å². The van der Waals surface area contributed by atoms with Crippen molar-refractivity contribution in [1.29, 1.82) is 0 Å². The van der Waals surface area contributed by atoms with Gasteiger partial charge in [-0.05, 0) is 34.1 Å². The van der Waals surface area contributed by atoms with E-state index in [9.17, 15) is 9.59 Å². The molecule has 0 aliphatic heterocycles. The van der Waals surface area contributed by atoms with E-state index in [0.717, 1.165) is 19.3 Å². The Balaban J connectivity index is 2.65. The number of unbranched alkanes of at least 4 members (excludes halogenated alkanes) is 1. The van der Waals surface area contributed by atoms with Crippen LogP contribution in [0.2, 0.25) is 0 Å². The molecule has 1 rings (SSSR count). The first-order chi connectivity index (χ1) is 10.7. The van der Waals surface area contributed by atoms with Crippen molar-refractivity contribution < 1.29 is 18.8 Å². The Bertz CT molecular complexity index is 508. The second-order valence-electron chi connectivity index (χ2n) is 6.86. The van der Waals surface area contributed by atoms with Crippen LogP contribution in [0.25, 0.3) is 0 Å². The van der Waals surface area contributed by atoms with Gasteiger partial charge in [-0.1, -0.05) is 24.9 Å². The van der Waals surface area contributed by atoms with Gasteiger partial charge in [0.1, 0.15) is 11.9 Å². The monoisotopic (exact) mass is 325 g/mol. The minimum atomic E-state index is -0.599. The van der Waals surface area contributed by atoms with Gasteiger partial charge in [-0.15, -0.1) is 0 Å². The Hall–Kier alpha value is -2.05. The van der Waals surface area contributed by atoms with Crippen molar-refractivity contribution in [1.82, 2.24) is 15.8 Å². The number of rotatable bonds is 7. The van der Waals surface area contributed by atoms with Gasteiger partial charge < -0.3 is 19.9 Å². The quantitative estimate of drug-likeness (QED) is 0.804. The smallest absolute Gasteiger partial charge is 0.408 e. The van der Waals surface area contributed by atoms with Crippen molar-refractivity contribution >= 4 is 12.0 Å². The van der Waals surface area contributed by atoms with E-state index >= 15 is 0 Å². The summed E-state index contributed by atoms with van der Waals surface area (Å²) in [5.74, 6) is -0.340. The van der Waals surface area contributed by atoms with Crippen LogP contribution in [0.4, 0.5) is 4.79 Å². The van der Waals surface area contributed by atoms with E-state index in [4.69, 9.17) is 4.74 Å². The molecule has 0 spiro atoms. The van der Waals surface area contributed by atoms with Crippen molar-refractivity contribution in [2.75, 3.05) is 6.54 Å². The lowest BCUT2D eigenvalue weighted by molar-refractivity contribution is 0.0452. The largest absolute Gasteiger partial charge is 0.444 e. The third-order valence-electron chi connectivity index (χ3n) is 3.19. The van der Waals surface area contributed by atoms with E-state index in [0.29, 0.717) is 0 Å². The third kappa shape index (κ3) is 7.17. The lowest BCUT2D eigenvalue weighted by Crippen LogP contribution is -2.54. The summed E-state index contributed by atoms with van der Waals surface area (Å²) in [7, 11) is 0. The maximum Gasteiger partial charge on any atom is 0.408 e. The first-order valence-corrected chi connectivity index (χ1v) is 7.85. The molecule has 2 N–H and O–H groups in total. The molecule has 2 amide bonds. The fourth-order valence-corrected chi connectivity index (χ4v) is 2.01. The first kappa shape index (κ1) is 19.0. The lowest BCUT2D eigenvalue weighted by atomic mass is 9.95. The molecule has 0 saturated heterocycles. The molecule has 0 aliphatic carbocycles. The number of amides is 2. The highest BCUT2D eigenvalue weighted by Gasteiger charge is 2.29. The minimum absolute atomic E-state index is 0.208. The van der Waals surface area contributed by atoms with Crippen molar-refractivity contribution in [2.45, 2.75) is 65.0 Å². The molecule has 1 aromatic heterocycles. The average molecular weight is 325 g/mol. The third-order valence-corrected chi connectivity index (χ3v) is 3.19. The van der Waals surface area contributed by atoms with Crippen LogP contribution in [0.15, 0.2) is 16.9 Å². The number of aromatic nitrogens is 1. The van der Waals surface area contributed by atoms with Crippen LogP contribution in [0.1, 0.15) is 64.4 Å². The highest BCUT2D eigenvalue weighted by molar-refractivity contribution is 5.92. The predicted octanol–water partition coefficient (Wildman–Crippen LogP) is 2.88. The molecule has 7 nitrogen and oxygen atoms in total. The zero-order valence-corrected chi connectivity index (χ0v) is 14.6. The molecule has 0 aromatic carbocycles. The summed E-state index contributed by atoms with van der Waals surface area (Å²) in [5.41, 5.74) is -0.961. The first-order valence-electron chi connectivity index (χ1n) is 7.85. The number of alkyl carbamates (subject to hydrolysis) is 1. The standard InChI is InChI=1S/C16H27N3O4/c1-6-7-9-16(5,18-14(21)23-15(2,3)4)11-17-13(20)12-8-10-22-19-12/h8,10H,6-7,9,11H2,1-5H3,(H,17,20)(H,18,21). The van der Waals surface area contributed by atoms with Gasteiger partial charge in [0.15, 0.2) is 5.69 Å². The van der Waals surface area contributed by atoms with Crippen LogP contribution in [0.3, 0.4) is 0 Å². The molecule has 1 atom stereocenters. The Morgan fingerprint density at radius 2 is 2.00 bits per heavy atom. The van der Waals surface area contributed by atoms with Gasteiger partial charge in [-0.3, -0.25) is 4.79 Å². The zero-order valence-electron chi connectivity index (χ0n) is 14.6. The molecular weight excluding hydrogens is 298 g/mol. The van der Waals surface area contributed by atoms with Gasteiger partial charge in [0, 0.05) is 12.6 Å². The summed E-state index contributed by atoms with van der Waals surface area (Å²) in [4.78, 5) is 24.0. The van der Waals surface area contributed by atoms with Crippen LogP contribution in [0.5, 0.6) is 0 Å². The van der Waals surface area contributed by atoms with Crippen LogP contribution < -0.4 is 10.6 Å². The Morgan fingerprint density at radius 1 is 1.30 bits per heavy atom. The highest BCUT2D eigenvalue weighted by atomic mass is 16.6. The van der Waals surface area contributed by atoms with E-state index in [2.05, 4.69) is 27.2 Å². The summed E-state index contributed by atoms with van der Waals surface area (Å²) in [6.07, 6.45) is 3.48. The summed E-state index contributed by atoms with van der Waals surface area (Å²) in [5, 5.41) is 9.23. The summed E-state index contributed by atoms with van der Waals surface area (Å²) in [6, 6.07) is 1.49. The van der Waals surface area contributed by atoms with E-state index in [1.165, 1.54) is 12.3 Å². The van der Waals surface area contributed by atoms with Crippen molar-refractivity contribution in [3.8, 4) is 0 Å². The SMILES string of the molecule is CCCCC(C)(CNC(=O)c1ccon1)NC(=O)OC(C)(C)C.